The van der Waals surface area contributed by atoms with Crippen molar-refractivity contribution in [2.75, 3.05) is 26.2 Å². The minimum atomic E-state index is -0.789. The molecule has 0 amide bonds. The molecule has 0 aliphatic rings. The van der Waals surface area contributed by atoms with E-state index >= 15 is 0 Å². The molecule has 124 valence electrons. The van der Waals surface area contributed by atoms with Gasteiger partial charge in [-0.05, 0) is 32.4 Å². The Hall–Kier alpha value is -1.59. The van der Waals surface area contributed by atoms with Crippen LogP contribution in [0.2, 0.25) is 0 Å². The molecule has 1 rings (SSSR count). The first-order valence-corrected chi connectivity index (χ1v) is 7.92. The van der Waals surface area contributed by atoms with E-state index in [9.17, 15) is 9.90 Å². The summed E-state index contributed by atoms with van der Waals surface area (Å²) in [6, 6.07) is 7.50. The van der Waals surface area contributed by atoms with E-state index < -0.39 is 12.1 Å². The minimum Gasteiger partial charge on any atom is -0.493 e. The van der Waals surface area contributed by atoms with E-state index in [1.807, 2.05) is 31.2 Å². The Labute approximate surface area is 132 Å². The van der Waals surface area contributed by atoms with Gasteiger partial charge in [-0.25, -0.2) is 0 Å². The molecule has 1 aromatic rings. The van der Waals surface area contributed by atoms with Gasteiger partial charge in [0.1, 0.15) is 5.75 Å². The molecule has 0 spiro atoms. The standard InChI is InChI=1S/C17H27NO4/c1-3-11-18(13-10-17(20)21)12-9-15(19)14-7-5-6-8-16(14)22-4-2/h5-8,15,19H,3-4,9-13H2,1-2H3,(H,20,21). The molecule has 0 heterocycles. The molecule has 0 radical (unpaired) electrons. The maximum Gasteiger partial charge on any atom is 0.304 e. The van der Waals surface area contributed by atoms with E-state index in [2.05, 4.69) is 11.8 Å². The topological polar surface area (TPSA) is 70.0 Å². The summed E-state index contributed by atoms with van der Waals surface area (Å²) in [5.74, 6) is -0.0755. The molecule has 5 nitrogen and oxygen atoms in total. The molecule has 0 fully saturated rings. The fourth-order valence-electron chi connectivity index (χ4n) is 2.41. The smallest absolute Gasteiger partial charge is 0.304 e. The zero-order valence-corrected chi connectivity index (χ0v) is 13.5. The fourth-order valence-corrected chi connectivity index (χ4v) is 2.41. The number of rotatable bonds is 11. The van der Waals surface area contributed by atoms with Crippen LogP contribution >= 0.6 is 0 Å². The molecule has 0 aliphatic heterocycles. The third-order valence-electron chi connectivity index (χ3n) is 3.48. The number of benzene rings is 1. The number of aliphatic hydroxyl groups excluding tert-OH is 1. The van der Waals surface area contributed by atoms with Gasteiger partial charge in [0, 0.05) is 18.7 Å². The first-order chi connectivity index (χ1) is 10.6. The molecule has 0 saturated heterocycles. The van der Waals surface area contributed by atoms with E-state index in [-0.39, 0.29) is 6.42 Å². The Kier molecular flexibility index (Phi) is 8.55. The molecule has 0 aliphatic carbocycles. The lowest BCUT2D eigenvalue weighted by atomic mass is 10.0. The van der Waals surface area contributed by atoms with Gasteiger partial charge in [0.25, 0.3) is 0 Å². The van der Waals surface area contributed by atoms with Crippen molar-refractivity contribution in [3.05, 3.63) is 29.8 Å². The van der Waals surface area contributed by atoms with Crippen molar-refractivity contribution in [2.24, 2.45) is 0 Å². The Morgan fingerprint density at radius 2 is 1.95 bits per heavy atom. The van der Waals surface area contributed by atoms with Crippen LogP contribution in [0.3, 0.4) is 0 Å². The second kappa shape index (κ2) is 10.2. The maximum absolute atomic E-state index is 10.7. The summed E-state index contributed by atoms with van der Waals surface area (Å²) < 4.78 is 5.54. The van der Waals surface area contributed by atoms with Gasteiger partial charge in [-0.15, -0.1) is 0 Å². The van der Waals surface area contributed by atoms with Crippen LogP contribution in [0.4, 0.5) is 0 Å². The normalized spacial score (nSPS) is 12.4. The quantitative estimate of drug-likeness (QED) is 0.657. The molecule has 0 aromatic heterocycles. The third kappa shape index (κ3) is 6.45. The van der Waals surface area contributed by atoms with Gasteiger partial charge in [0.05, 0.1) is 19.1 Å². The van der Waals surface area contributed by atoms with Crippen LogP contribution in [-0.4, -0.2) is 47.3 Å². The van der Waals surface area contributed by atoms with E-state index in [4.69, 9.17) is 9.84 Å². The van der Waals surface area contributed by atoms with E-state index in [1.54, 1.807) is 0 Å². The number of carboxylic acids is 1. The number of hydrogen-bond acceptors (Lipinski definition) is 4. The van der Waals surface area contributed by atoms with E-state index in [0.29, 0.717) is 31.9 Å². The molecule has 0 saturated carbocycles. The summed E-state index contributed by atoms with van der Waals surface area (Å²) in [4.78, 5) is 12.8. The summed E-state index contributed by atoms with van der Waals surface area (Å²) in [6.45, 7) is 6.57. The summed E-state index contributed by atoms with van der Waals surface area (Å²) in [7, 11) is 0. The molecule has 1 unspecified atom stereocenters. The molecule has 5 heteroatoms. The highest BCUT2D eigenvalue weighted by Gasteiger charge is 2.15. The van der Waals surface area contributed by atoms with Gasteiger partial charge >= 0.3 is 5.97 Å². The van der Waals surface area contributed by atoms with Crippen LogP contribution in [0.15, 0.2) is 24.3 Å². The van der Waals surface area contributed by atoms with Crippen molar-refractivity contribution >= 4 is 5.97 Å². The molecular weight excluding hydrogens is 282 g/mol. The Bertz CT molecular complexity index is 450. The van der Waals surface area contributed by atoms with Crippen LogP contribution in [0, 0.1) is 0 Å². The van der Waals surface area contributed by atoms with Crippen LogP contribution in [0.25, 0.3) is 0 Å². The van der Waals surface area contributed by atoms with Gasteiger partial charge in [-0.3, -0.25) is 4.79 Å². The zero-order chi connectivity index (χ0) is 16.4. The van der Waals surface area contributed by atoms with E-state index in [0.717, 1.165) is 18.5 Å². The first kappa shape index (κ1) is 18.5. The molecule has 0 bridgehead atoms. The number of carboxylic acid groups (broad SMARTS) is 1. The second-order valence-corrected chi connectivity index (χ2v) is 5.26. The predicted molar refractivity (Wildman–Crippen MR) is 86.2 cm³/mol. The Morgan fingerprint density at radius 3 is 2.59 bits per heavy atom. The number of hydrogen-bond donors (Lipinski definition) is 2. The largest absolute Gasteiger partial charge is 0.493 e. The molecule has 1 aromatic carbocycles. The molecular formula is C17H27NO4. The van der Waals surface area contributed by atoms with Crippen LogP contribution in [0.5, 0.6) is 5.75 Å². The number of nitrogens with zero attached hydrogens (tertiary/aromatic N) is 1. The Balaban J connectivity index is 2.58. The van der Waals surface area contributed by atoms with Crippen molar-refractivity contribution < 1.29 is 19.7 Å². The summed E-state index contributed by atoms with van der Waals surface area (Å²) >= 11 is 0. The lowest BCUT2D eigenvalue weighted by Crippen LogP contribution is -2.29. The number of aliphatic hydroxyl groups is 1. The van der Waals surface area contributed by atoms with Crippen molar-refractivity contribution in [3.8, 4) is 5.75 Å². The monoisotopic (exact) mass is 309 g/mol. The van der Waals surface area contributed by atoms with Crippen molar-refractivity contribution in [1.82, 2.24) is 4.90 Å². The highest BCUT2D eigenvalue weighted by atomic mass is 16.5. The third-order valence-corrected chi connectivity index (χ3v) is 3.48. The summed E-state index contributed by atoms with van der Waals surface area (Å²) in [5, 5.41) is 19.2. The highest BCUT2D eigenvalue weighted by molar-refractivity contribution is 5.66. The van der Waals surface area contributed by atoms with Crippen LogP contribution < -0.4 is 4.74 Å². The summed E-state index contributed by atoms with van der Waals surface area (Å²) in [6.07, 6.45) is 1.05. The van der Waals surface area contributed by atoms with Crippen molar-refractivity contribution in [2.45, 2.75) is 39.2 Å². The number of ether oxygens (including phenoxy) is 1. The van der Waals surface area contributed by atoms with Gasteiger partial charge in [-0.2, -0.15) is 0 Å². The van der Waals surface area contributed by atoms with Gasteiger partial charge in [-0.1, -0.05) is 25.1 Å². The fraction of sp³-hybridized carbons (Fsp3) is 0.588. The van der Waals surface area contributed by atoms with E-state index in [1.165, 1.54) is 0 Å². The highest BCUT2D eigenvalue weighted by Crippen LogP contribution is 2.27. The second-order valence-electron chi connectivity index (χ2n) is 5.26. The maximum atomic E-state index is 10.7. The molecule has 22 heavy (non-hydrogen) atoms. The van der Waals surface area contributed by atoms with Crippen LogP contribution in [-0.2, 0) is 4.79 Å². The molecule has 1 atom stereocenters. The van der Waals surface area contributed by atoms with Crippen molar-refractivity contribution in [3.63, 3.8) is 0 Å². The van der Waals surface area contributed by atoms with Crippen LogP contribution in [0.1, 0.15) is 44.8 Å². The van der Waals surface area contributed by atoms with Gasteiger partial charge in [0.2, 0.25) is 0 Å². The SMILES string of the molecule is CCCN(CCC(=O)O)CCC(O)c1ccccc1OCC. The number of aliphatic carboxylic acids is 1. The lowest BCUT2D eigenvalue weighted by Gasteiger charge is -2.23. The number of carbonyl (C=O) groups is 1. The van der Waals surface area contributed by atoms with Gasteiger partial charge in [0.15, 0.2) is 0 Å². The average Bonchev–Trinajstić information content (AvgIpc) is 2.50. The van der Waals surface area contributed by atoms with Crippen molar-refractivity contribution in [1.29, 1.82) is 0 Å². The van der Waals surface area contributed by atoms with Gasteiger partial charge < -0.3 is 19.8 Å². The lowest BCUT2D eigenvalue weighted by molar-refractivity contribution is -0.137. The average molecular weight is 309 g/mol. The first-order valence-electron chi connectivity index (χ1n) is 7.92. The minimum absolute atomic E-state index is 0.131. The molecule has 2 N–H and O–H groups in total. The number of para-hydroxylation sites is 1. The Morgan fingerprint density at radius 1 is 1.23 bits per heavy atom. The predicted octanol–water partition coefficient (Wildman–Crippen LogP) is 2.70. The zero-order valence-electron chi connectivity index (χ0n) is 13.5. The summed E-state index contributed by atoms with van der Waals surface area (Å²) in [5.41, 5.74) is 0.791.